The zero-order valence-electron chi connectivity index (χ0n) is 10.9. The molecule has 2 heterocycles. The molecule has 0 amide bonds. The van der Waals surface area contributed by atoms with Crippen LogP contribution in [0.4, 0.5) is 0 Å². The molecule has 0 spiro atoms. The second-order valence-electron chi connectivity index (χ2n) is 5.12. The summed E-state index contributed by atoms with van der Waals surface area (Å²) < 4.78 is 1.88. The summed E-state index contributed by atoms with van der Waals surface area (Å²) in [6, 6.07) is 12.2. The molecule has 0 bridgehead atoms. The molecule has 0 radical (unpaired) electrons. The van der Waals surface area contributed by atoms with Gasteiger partial charge in [-0.2, -0.15) is 5.26 Å². The topological polar surface area (TPSA) is 54.0 Å². The van der Waals surface area contributed by atoms with Crippen LogP contribution in [-0.4, -0.2) is 14.6 Å². The molecule has 0 saturated carbocycles. The molecule has 1 aliphatic carbocycles. The van der Waals surface area contributed by atoms with Crippen molar-refractivity contribution in [1.29, 1.82) is 5.26 Å². The van der Waals surface area contributed by atoms with Crippen LogP contribution in [0.5, 0.6) is 0 Å². The summed E-state index contributed by atoms with van der Waals surface area (Å²) in [6.07, 6.45) is 5.34. The standard InChI is InChI=1S/C16H12N4/c17-9-11-4-7-15-18-19-16(20(15)10-11)14-6-5-12-2-1-3-13(12)8-14/h4-8,10H,1-3H2. The van der Waals surface area contributed by atoms with Crippen LogP contribution < -0.4 is 0 Å². The van der Waals surface area contributed by atoms with E-state index in [0.717, 1.165) is 23.5 Å². The molecule has 4 heteroatoms. The summed E-state index contributed by atoms with van der Waals surface area (Å²) >= 11 is 0. The Morgan fingerprint density at radius 1 is 1.05 bits per heavy atom. The summed E-state index contributed by atoms with van der Waals surface area (Å²) in [7, 11) is 0. The lowest BCUT2D eigenvalue weighted by Crippen LogP contribution is -1.92. The van der Waals surface area contributed by atoms with Gasteiger partial charge in [0.2, 0.25) is 0 Å². The maximum atomic E-state index is 9.02. The average molecular weight is 260 g/mol. The zero-order valence-corrected chi connectivity index (χ0v) is 10.9. The van der Waals surface area contributed by atoms with E-state index in [0.29, 0.717) is 5.56 Å². The lowest BCUT2D eigenvalue weighted by Gasteiger charge is -2.04. The molecule has 4 rings (SSSR count). The first-order valence-corrected chi connectivity index (χ1v) is 6.72. The van der Waals surface area contributed by atoms with Crippen molar-refractivity contribution in [3.63, 3.8) is 0 Å². The Morgan fingerprint density at radius 3 is 2.85 bits per heavy atom. The summed E-state index contributed by atoms with van der Waals surface area (Å²) in [6.45, 7) is 0. The van der Waals surface area contributed by atoms with Crippen LogP contribution in [0, 0.1) is 11.3 Å². The van der Waals surface area contributed by atoms with Crippen molar-refractivity contribution in [2.75, 3.05) is 0 Å². The van der Waals surface area contributed by atoms with Gasteiger partial charge in [0.25, 0.3) is 0 Å². The summed E-state index contributed by atoms with van der Waals surface area (Å²) in [5.41, 5.74) is 5.29. The quantitative estimate of drug-likeness (QED) is 0.676. The molecule has 20 heavy (non-hydrogen) atoms. The van der Waals surface area contributed by atoms with Crippen LogP contribution in [0.2, 0.25) is 0 Å². The lowest BCUT2D eigenvalue weighted by molar-refractivity contribution is 0.912. The molecule has 0 N–H and O–H groups in total. The number of aromatic nitrogens is 3. The molecule has 4 nitrogen and oxygen atoms in total. The fourth-order valence-corrected chi connectivity index (χ4v) is 2.86. The molecule has 1 aromatic carbocycles. The largest absolute Gasteiger partial charge is 0.281 e. The SMILES string of the molecule is N#Cc1ccc2nnc(-c3ccc4c(c3)CCC4)n2c1. The smallest absolute Gasteiger partial charge is 0.168 e. The maximum absolute atomic E-state index is 9.02. The Morgan fingerprint density at radius 2 is 1.95 bits per heavy atom. The second-order valence-corrected chi connectivity index (χ2v) is 5.12. The highest BCUT2D eigenvalue weighted by molar-refractivity contribution is 5.62. The molecule has 2 aromatic heterocycles. The third-order valence-electron chi connectivity index (χ3n) is 3.89. The van der Waals surface area contributed by atoms with E-state index in [9.17, 15) is 0 Å². The van der Waals surface area contributed by atoms with Gasteiger partial charge >= 0.3 is 0 Å². The van der Waals surface area contributed by atoms with Gasteiger partial charge in [0.05, 0.1) is 5.56 Å². The molecule has 0 fully saturated rings. The van der Waals surface area contributed by atoms with Crippen LogP contribution in [0.25, 0.3) is 17.0 Å². The van der Waals surface area contributed by atoms with Crippen molar-refractivity contribution in [3.8, 4) is 17.5 Å². The van der Waals surface area contributed by atoms with Crippen LogP contribution in [0.3, 0.4) is 0 Å². The Bertz CT molecular complexity index is 855. The van der Waals surface area contributed by atoms with Crippen molar-refractivity contribution >= 4 is 5.65 Å². The molecule has 0 aliphatic heterocycles. The van der Waals surface area contributed by atoms with Gasteiger partial charge in [-0.1, -0.05) is 12.1 Å². The monoisotopic (exact) mass is 260 g/mol. The molecule has 3 aromatic rings. The minimum atomic E-state index is 0.611. The van der Waals surface area contributed by atoms with E-state index in [1.165, 1.54) is 24.0 Å². The van der Waals surface area contributed by atoms with Crippen molar-refractivity contribution in [2.24, 2.45) is 0 Å². The Kier molecular flexibility index (Phi) is 2.33. The van der Waals surface area contributed by atoms with Crippen molar-refractivity contribution in [3.05, 3.63) is 53.2 Å². The van der Waals surface area contributed by atoms with Crippen LogP contribution in [-0.2, 0) is 12.8 Å². The number of pyridine rings is 1. The van der Waals surface area contributed by atoms with E-state index >= 15 is 0 Å². The number of hydrogen-bond acceptors (Lipinski definition) is 3. The van der Waals surface area contributed by atoms with E-state index < -0.39 is 0 Å². The predicted octanol–water partition coefficient (Wildman–Crippen LogP) is 2.76. The van der Waals surface area contributed by atoms with E-state index in [1.807, 2.05) is 10.5 Å². The van der Waals surface area contributed by atoms with Gasteiger partial charge in [-0.15, -0.1) is 10.2 Å². The third-order valence-corrected chi connectivity index (χ3v) is 3.89. The van der Waals surface area contributed by atoms with Gasteiger partial charge in [0.15, 0.2) is 11.5 Å². The molecule has 96 valence electrons. The average Bonchev–Trinajstić information content (AvgIpc) is 3.11. The number of nitriles is 1. The Labute approximate surface area is 116 Å². The lowest BCUT2D eigenvalue weighted by atomic mass is 10.1. The highest BCUT2D eigenvalue weighted by Gasteiger charge is 2.14. The Hall–Kier alpha value is -2.67. The van der Waals surface area contributed by atoms with Gasteiger partial charge in [-0.05, 0) is 48.6 Å². The summed E-state index contributed by atoms with van der Waals surface area (Å²) in [5, 5.41) is 17.5. The van der Waals surface area contributed by atoms with E-state index in [-0.39, 0.29) is 0 Å². The molecule has 0 atom stereocenters. The van der Waals surface area contributed by atoms with Gasteiger partial charge in [0, 0.05) is 11.8 Å². The highest BCUT2D eigenvalue weighted by atomic mass is 15.2. The van der Waals surface area contributed by atoms with Crippen LogP contribution >= 0.6 is 0 Å². The first-order valence-electron chi connectivity index (χ1n) is 6.72. The minimum absolute atomic E-state index is 0.611. The fraction of sp³-hybridized carbons (Fsp3) is 0.188. The van der Waals surface area contributed by atoms with Gasteiger partial charge in [-0.3, -0.25) is 4.40 Å². The summed E-state index contributed by atoms with van der Waals surface area (Å²) in [4.78, 5) is 0. The maximum Gasteiger partial charge on any atom is 0.168 e. The van der Waals surface area contributed by atoms with Crippen molar-refractivity contribution in [1.82, 2.24) is 14.6 Å². The molecule has 0 unspecified atom stereocenters. The zero-order chi connectivity index (χ0) is 13.5. The van der Waals surface area contributed by atoms with Gasteiger partial charge < -0.3 is 0 Å². The van der Waals surface area contributed by atoms with E-state index in [1.54, 1.807) is 12.3 Å². The number of hydrogen-bond donors (Lipinski definition) is 0. The molecule has 0 saturated heterocycles. The van der Waals surface area contributed by atoms with Crippen molar-refractivity contribution < 1.29 is 0 Å². The van der Waals surface area contributed by atoms with Crippen molar-refractivity contribution in [2.45, 2.75) is 19.3 Å². The van der Waals surface area contributed by atoms with Crippen LogP contribution in [0.15, 0.2) is 36.5 Å². The highest BCUT2D eigenvalue weighted by Crippen LogP contribution is 2.27. The van der Waals surface area contributed by atoms with Gasteiger partial charge in [-0.25, -0.2) is 0 Å². The molecular weight excluding hydrogens is 248 g/mol. The first-order chi connectivity index (χ1) is 9.85. The van der Waals surface area contributed by atoms with E-state index in [2.05, 4.69) is 34.5 Å². The second kappa shape index (κ2) is 4.17. The Balaban J connectivity index is 1.92. The fourth-order valence-electron chi connectivity index (χ4n) is 2.86. The number of nitrogens with zero attached hydrogens (tertiary/aromatic N) is 4. The number of fused-ring (bicyclic) bond motifs is 2. The molecular formula is C16H12N4. The summed E-state index contributed by atoms with van der Waals surface area (Å²) in [5.74, 6) is 0.798. The minimum Gasteiger partial charge on any atom is -0.281 e. The number of aryl methyl sites for hydroxylation is 2. The third kappa shape index (κ3) is 1.60. The van der Waals surface area contributed by atoms with Gasteiger partial charge in [0.1, 0.15) is 6.07 Å². The predicted molar refractivity (Wildman–Crippen MR) is 75.2 cm³/mol. The molecule has 1 aliphatic rings. The number of benzene rings is 1. The first kappa shape index (κ1) is 11.2. The normalized spacial score (nSPS) is 13.3. The van der Waals surface area contributed by atoms with E-state index in [4.69, 9.17) is 5.26 Å². The number of rotatable bonds is 1. The van der Waals surface area contributed by atoms with Crippen LogP contribution in [0.1, 0.15) is 23.1 Å².